The Balaban J connectivity index is 2.04. The number of halogens is 1. The summed E-state index contributed by atoms with van der Waals surface area (Å²) in [5, 5.41) is 2.58. The van der Waals surface area contributed by atoms with Gasteiger partial charge in [-0.15, -0.1) is 0 Å². The van der Waals surface area contributed by atoms with Crippen molar-refractivity contribution < 1.29 is 18.0 Å². The summed E-state index contributed by atoms with van der Waals surface area (Å²) in [6, 6.07) is 20.1. The summed E-state index contributed by atoms with van der Waals surface area (Å²) in [4.78, 5) is 27.7. The topological polar surface area (TPSA) is 86.8 Å². The molecule has 3 aromatic carbocycles. The van der Waals surface area contributed by atoms with Crippen LogP contribution in [0.5, 0.6) is 0 Å². The molecule has 0 spiro atoms. The van der Waals surface area contributed by atoms with E-state index in [0.717, 1.165) is 19.9 Å². The van der Waals surface area contributed by atoms with E-state index >= 15 is 0 Å². The van der Waals surface area contributed by atoms with Crippen LogP contribution in [0.4, 0.5) is 5.69 Å². The Morgan fingerprint density at radius 3 is 2.14 bits per heavy atom. The molecule has 3 rings (SSSR count). The second-order valence-corrected chi connectivity index (χ2v) is 11.3. The largest absolute Gasteiger partial charge is 0.357 e. The van der Waals surface area contributed by atoms with Gasteiger partial charge in [0.1, 0.15) is 12.6 Å². The zero-order valence-electron chi connectivity index (χ0n) is 20.7. The van der Waals surface area contributed by atoms with E-state index in [9.17, 15) is 18.0 Å². The van der Waals surface area contributed by atoms with Crippen molar-refractivity contribution in [2.45, 2.75) is 38.3 Å². The SMILES string of the molecule is CNC(=O)[C@@H](C)N(Cc1ccc(Br)cc1)C(=O)CN(c1ccccc1C)S(=O)(=O)c1ccc(C)cc1. The minimum atomic E-state index is -4.07. The molecule has 0 saturated heterocycles. The number of rotatable bonds is 9. The van der Waals surface area contributed by atoms with E-state index in [1.165, 1.54) is 24.1 Å². The van der Waals surface area contributed by atoms with E-state index in [0.29, 0.717) is 11.3 Å². The molecular formula is C27H30BrN3O4S. The fourth-order valence-corrected chi connectivity index (χ4v) is 5.52. The molecule has 190 valence electrons. The van der Waals surface area contributed by atoms with Crippen LogP contribution in [-0.4, -0.2) is 44.8 Å². The zero-order chi connectivity index (χ0) is 26.5. The number of para-hydroxylation sites is 1. The smallest absolute Gasteiger partial charge is 0.264 e. The third kappa shape index (κ3) is 6.33. The molecule has 0 aliphatic rings. The normalized spacial score (nSPS) is 12.0. The van der Waals surface area contributed by atoms with Crippen molar-refractivity contribution in [3.05, 3.63) is 94.0 Å². The zero-order valence-corrected chi connectivity index (χ0v) is 23.1. The summed E-state index contributed by atoms with van der Waals surface area (Å²) in [6.45, 7) is 4.98. The number of benzene rings is 3. The Kier molecular flexibility index (Phi) is 8.92. The van der Waals surface area contributed by atoms with Crippen LogP contribution in [0.2, 0.25) is 0 Å². The van der Waals surface area contributed by atoms with E-state index in [4.69, 9.17) is 0 Å². The summed E-state index contributed by atoms with van der Waals surface area (Å²) in [5.74, 6) is -0.836. The molecule has 1 atom stereocenters. The van der Waals surface area contributed by atoms with Gasteiger partial charge in [0.2, 0.25) is 11.8 Å². The third-order valence-electron chi connectivity index (χ3n) is 5.95. The molecule has 9 heteroatoms. The quantitative estimate of drug-likeness (QED) is 0.411. The van der Waals surface area contributed by atoms with Crippen molar-refractivity contribution >= 4 is 43.5 Å². The number of carbonyl (C=O) groups excluding carboxylic acids is 2. The summed E-state index contributed by atoms with van der Waals surface area (Å²) >= 11 is 3.40. The van der Waals surface area contributed by atoms with Crippen molar-refractivity contribution in [3.8, 4) is 0 Å². The van der Waals surface area contributed by atoms with Crippen molar-refractivity contribution in [3.63, 3.8) is 0 Å². The maximum atomic E-state index is 13.8. The van der Waals surface area contributed by atoms with Crippen molar-refractivity contribution in [2.24, 2.45) is 0 Å². The lowest BCUT2D eigenvalue weighted by Crippen LogP contribution is -2.50. The first-order valence-corrected chi connectivity index (χ1v) is 13.7. The lowest BCUT2D eigenvalue weighted by Gasteiger charge is -2.32. The van der Waals surface area contributed by atoms with Crippen LogP contribution < -0.4 is 9.62 Å². The molecule has 0 fully saturated rings. The molecule has 0 aliphatic carbocycles. The van der Waals surface area contributed by atoms with Gasteiger partial charge >= 0.3 is 0 Å². The number of nitrogens with zero attached hydrogens (tertiary/aromatic N) is 2. The first-order chi connectivity index (χ1) is 17.0. The molecule has 0 saturated carbocycles. The number of carbonyl (C=O) groups is 2. The summed E-state index contributed by atoms with van der Waals surface area (Å²) < 4.78 is 29.6. The van der Waals surface area contributed by atoms with Crippen LogP contribution in [0.15, 0.2) is 82.2 Å². The van der Waals surface area contributed by atoms with Crippen LogP contribution >= 0.6 is 15.9 Å². The second-order valence-electron chi connectivity index (χ2n) is 8.55. The van der Waals surface area contributed by atoms with Crippen LogP contribution in [0.1, 0.15) is 23.6 Å². The predicted octanol–water partition coefficient (Wildman–Crippen LogP) is 4.42. The number of hydrogen-bond acceptors (Lipinski definition) is 4. The highest BCUT2D eigenvalue weighted by Gasteiger charge is 2.32. The molecule has 7 nitrogen and oxygen atoms in total. The second kappa shape index (κ2) is 11.7. The highest BCUT2D eigenvalue weighted by molar-refractivity contribution is 9.10. The van der Waals surface area contributed by atoms with E-state index in [-0.39, 0.29) is 17.3 Å². The van der Waals surface area contributed by atoms with Crippen molar-refractivity contribution in [1.29, 1.82) is 0 Å². The lowest BCUT2D eigenvalue weighted by atomic mass is 10.1. The van der Waals surface area contributed by atoms with E-state index < -0.39 is 28.5 Å². The fraction of sp³-hybridized carbons (Fsp3) is 0.259. The maximum Gasteiger partial charge on any atom is 0.264 e. The number of nitrogens with one attached hydrogen (secondary N) is 1. The molecular weight excluding hydrogens is 542 g/mol. The van der Waals surface area contributed by atoms with Crippen LogP contribution in [-0.2, 0) is 26.2 Å². The molecule has 1 N–H and O–H groups in total. The Hall–Kier alpha value is -3.17. The van der Waals surface area contributed by atoms with Gasteiger partial charge < -0.3 is 10.2 Å². The first kappa shape index (κ1) is 27.4. The van der Waals surface area contributed by atoms with Crippen molar-refractivity contribution in [1.82, 2.24) is 10.2 Å². The summed E-state index contributed by atoms with van der Waals surface area (Å²) in [6.07, 6.45) is 0. The minimum absolute atomic E-state index is 0.0861. The van der Waals surface area contributed by atoms with Gasteiger partial charge in [-0.1, -0.05) is 64.0 Å². The molecule has 0 unspecified atom stereocenters. The fourth-order valence-electron chi connectivity index (χ4n) is 3.77. The molecule has 2 amide bonds. The van der Waals surface area contributed by atoms with Gasteiger partial charge in [0.25, 0.3) is 10.0 Å². The molecule has 0 aromatic heterocycles. The van der Waals surface area contributed by atoms with Gasteiger partial charge in [-0.25, -0.2) is 8.42 Å². The Bertz CT molecular complexity index is 1330. The molecule has 3 aromatic rings. The van der Waals surface area contributed by atoms with Crippen LogP contribution in [0.25, 0.3) is 0 Å². The monoisotopic (exact) mass is 571 g/mol. The Labute approximate surface area is 221 Å². The molecule has 0 bridgehead atoms. The van der Waals surface area contributed by atoms with Crippen molar-refractivity contribution in [2.75, 3.05) is 17.9 Å². The lowest BCUT2D eigenvalue weighted by molar-refractivity contribution is -0.139. The predicted molar refractivity (Wildman–Crippen MR) is 145 cm³/mol. The average Bonchev–Trinajstić information content (AvgIpc) is 2.86. The molecule has 0 heterocycles. The van der Waals surface area contributed by atoms with Gasteiger partial charge in [0, 0.05) is 18.1 Å². The van der Waals surface area contributed by atoms with Gasteiger partial charge in [-0.05, 0) is 62.2 Å². The Morgan fingerprint density at radius 2 is 1.56 bits per heavy atom. The van der Waals surface area contributed by atoms with Gasteiger partial charge in [0.05, 0.1) is 10.6 Å². The van der Waals surface area contributed by atoms with E-state index in [2.05, 4.69) is 21.2 Å². The molecule has 0 aliphatic heterocycles. The molecule has 36 heavy (non-hydrogen) atoms. The highest BCUT2D eigenvalue weighted by atomic mass is 79.9. The molecule has 0 radical (unpaired) electrons. The van der Waals surface area contributed by atoms with Crippen LogP contribution in [0, 0.1) is 13.8 Å². The number of likely N-dealkylation sites (N-methyl/N-ethyl adjacent to an activating group) is 1. The summed E-state index contributed by atoms with van der Waals surface area (Å²) in [5.41, 5.74) is 2.85. The maximum absolute atomic E-state index is 13.8. The standard InChI is InChI=1S/C27H30BrN3O4S/c1-19-9-15-24(16-10-19)36(34,35)31(25-8-6-5-7-20(25)2)18-26(32)30(21(3)27(33)29-4)17-22-11-13-23(28)14-12-22/h5-16,21H,17-18H2,1-4H3,(H,29,33)/t21-/m1/s1. The van der Waals surface area contributed by atoms with E-state index in [1.807, 2.05) is 37.3 Å². The van der Waals surface area contributed by atoms with E-state index in [1.54, 1.807) is 44.2 Å². The number of hydrogen-bond donors (Lipinski definition) is 1. The number of sulfonamides is 1. The Morgan fingerprint density at radius 1 is 0.944 bits per heavy atom. The highest BCUT2D eigenvalue weighted by Crippen LogP contribution is 2.27. The average molecular weight is 573 g/mol. The first-order valence-electron chi connectivity index (χ1n) is 11.4. The van der Waals surface area contributed by atoms with Gasteiger partial charge in [-0.2, -0.15) is 0 Å². The summed E-state index contributed by atoms with van der Waals surface area (Å²) in [7, 11) is -2.57. The van der Waals surface area contributed by atoms with Gasteiger partial charge in [0.15, 0.2) is 0 Å². The third-order valence-corrected chi connectivity index (χ3v) is 8.25. The minimum Gasteiger partial charge on any atom is -0.357 e. The number of amides is 2. The van der Waals surface area contributed by atoms with Crippen LogP contribution in [0.3, 0.4) is 0 Å². The van der Waals surface area contributed by atoms with Gasteiger partial charge in [-0.3, -0.25) is 13.9 Å². The number of aryl methyl sites for hydroxylation is 2. The number of anilines is 1.